The molecule has 1 nitrogen and oxygen atoms in total. The largest absolute Gasteiger partial charge is 0.369 e. The van der Waals surface area contributed by atoms with Crippen molar-refractivity contribution in [2.45, 2.75) is 32.6 Å². The lowest BCUT2D eigenvalue weighted by Gasteiger charge is -2.29. The van der Waals surface area contributed by atoms with Crippen molar-refractivity contribution in [2.75, 3.05) is 18.0 Å². The highest BCUT2D eigenvalue weighted by molar-refractivity contribution is 5.67. The Morgan fingerprint density at radius 2 is 1.57 bits per heavy atom. The molecule has 1 aliphatic heterocycles. The zero-order valence-electron chi connectivity index (χ0n) is 12.6. The van der Waals surface area contributed by atoms with E-state index in [-0.39, 0.29) is 5.82 Å². The second-order valence-electron chi connectivity index (χ2n) is 5.76. The molecular formula is C19H22FN. The van der Waals surface area contributed by atoms with Crippen LogP contribution in [0, 0.1) is 5.82 Å². The molecule has 21 heavy (non-hydrogen) atoms. The zero-order chi connectivity index (χ0) is 14.7. The first-order valence-electron chi connectivity index (χ1n) is 7.92. The molecule has 0 aliphatic carbocycles. The highest BCUT2D eigenvalue weighted by Crippen LogP contribution is 2.28. The minimum atomic E-state index is -0.103. The van der Waals surface area contributed by atoms with Crippen LogP contribution in [0.25, 0.3) is 11.1 Å². The fraction of sp³-hybridized carbons (Fsp3) is 0.368. The Kier molecular flexibility index (Phi) is 4.23. The number of benzene rings is 2. The molecule has 1 aliphatic rings. The Labute approximate surface area is 126 Å². The van der Waals surface area contributed by atoms with Crippen LogP contribution in [0.15, 0.2) is 42.5 Å². The van der Waals surface area contributed by atoms with E-state index in [1.807, 2.05) is 12.1 Å². The number of nitrogens with zero attached hydrogens (tertiary/aromatic N) is 1. The van der Waals surface area contributed by atoms with Crippen molar-refractivity contribution in [3.8, 4) is 11.1 Å². The quantitative estimate of drug-likeness (QED) is 0.762. The van der Waals surface area contributed by atoms with Gasteiger partial charge in [0, 0.05) is 13.1 Å². The Morgan fingerprint density at radius 3 is 2.19 bits per heavy atom. The predicted octanol–water partition coefficient (Wildman–Crippen LogP) is 5.05. The lowest BCUT2D eigenvalue weighted by atomic mass is 10.0. The Hall–Kier alpha value is -1.83. The number of piperidine rings is 1. The molecule has 3 rings (SSSR count). The number of aryl methyl sites for hydroxylation is 1. The topological polar surface area (TPSA) is 3.24 Å². The van der Waals surface area contributed by atoms with E-state index in [4.69, 9.17) is 0 Å². The zero-order valence-corrected chi connectivity index (χ0v) is 12.6. The molecule has 110 valence electrons. The monoisotopic (exact) mass is 283 g/mol. The molecular weight excluding hydrogens is 261 g/mol. The summed E-state index contributed by atoms with van der Waals surface area (Å²) in [5.41, 5.74) is 4.10. The summed E-state index contributed by atoms with van der Waals surface area (Å²) < 4.78 is 14.4. The number of halogens is 1. The van der Waals surface area contributed by atoms with Gasteiger partial charge < -0.3 is 4.90 Å². The first kappa shape index (κ1) is 14.1. The third-order valence-electron chi connectivity index (χ3n) is 4.34. The van der Waals surface area contributed by atoms with Crippen molar-refractivity contribution in [1.29, 1.82) is 0 Å². The van der Waals surface area contributed by atoms with Gasteiger partial charge in [0.2, 0.25) is 0 Å². The molecule has 0 radical (unpaired) electrons. The fourth-order valence-corrected chi connectivity index (χ4v) is 3.01. The first-order chi connectivity index (χ1) is 10.3. The molecule has 1 heterocycles. The number of hydrogen-bond acceptors (Lipinski definition) is 1. The van der Waals surface area contributed by atoms with E-state index in [1.165, 1.54) is 24.8 Å². The third-order valence-corrected chi connectivity index (χ3v) is 4.34. The van der Waals surface area contributed by atoms with E-state index in [2.05, 4.69) is 36.1 Å². The van der Waals surface area contributed by atoms with E-state index >= 15 is 0 Å². The summed E-state index contributed by atoms with van der Waals surface area (Å²) in [6.45, 7) is 4.09. The van der Waals surface area contributed by atoms with E-state index in [0.717, 1.165) is 36.3 Å². The second kappa shape index (κ2) is 6.30. The summed E-state index contributed by atoms with van der Waals surface area (Å²) >= 11 is 0. The summed E-state index contributed by atoms with van der Waals surface area (Å²) in [6, 6.07) is 14.0. The smallest absolute Gasteiger partial charge is 0.147 e. The van der Waals surface area contributed by atoms with Gasteiger partial charge in [-0.1, -0.05) is 37.3 Å². The molecule has 0 saturated carbocycles. The normalized spacial score (nSPS) is 15.2. The van der Waals surface area contributed by atoms with Crippen molar-refractivity contribution in [2.24, 2.45) is 0 Å². The van der Waals surface area contributed by atoms with Crippen LogP contribution in [0.2, 0.25) is 0 Å². The van der Waals surface area contributed by atoms with Crippen LogP contribution in [0.5, 0.6) is 0 Å². The van der Waals surface area contributed by atoms with Crippen molar-refractivity contribution in [3.63, 3.8) is 0 Å². The Balaban J connectivity index is 1.85. The Morgan fingerprint density at radius 1 is 0.905 bits per heavy atom. The first-order valence-corrected chi connectivity index (χ1v) is 7.92. The summed E-state index contributed by atoms with van der Waals surface area (Å²) in [6.07, 6.45) is 4.63. The molecule has 2 aromatic rings. The number of anilines is 1. The van der Waals surface area contributed by atoms with Crippen molar-refractivity contribution in [3.05, 3.63) is 53.8 Å². The predicted molar refractivity (Wildman–Crippen MR) is 87.3 cm³/mol. The highest BCUT2D eigenvalue weighted by Gasteiger charge is 2.15. The van der Waals surface area contributed by atoms with Gasteiger partial charge in [0.15, 0.2) is 0 Å². The van der Waals surface area contributed by atoms with Crippen LogP contribution in [0.1, 0.15) is 31.7 Å². The molecule has 0 bridgehead atoms. The molecule has 0 aromatic heterocycles. The number of rotatable bonds is 3. The Bertz CT molecular complexity index is 597. The van der Waals surface area contributed by atoms with Crippen molar-refractivity contribution >= 4 is 5.69 Å². The summed E-state index contributed by atoms with van der Waals surface area (Å²) in [5, 5.41) is 0. The van der Waals surface area contributed by atoms with Crippen molar-refractivity contribution in [1.82, 2.24) is 0 Å². The summed E-state index contributed by atoms with van der Waals surface area (Å²) in [5.74, 6) is -0.103. The maximum absolute atomic E-state index is 14.4. The molecule has 0 spiro atoms. The van der Waals surface area contributed by atoms with Gasteiger partial charge in [0.1, 0.15) is 5.82 Å². The van der Waals surface area contributed by atoms with Crippen molar-refractivity contribution < 1.29 is 4.39 Å². The van der Waals surface area contributed by atoms with E-state index in [9.17, 15) is 4.39 Å². The van der Waals surface area contributed by atoms with Crippen LogP contribution in [-0.4, -0.2) is 13.1 Å². The molecule has 2 heteroatoms. The molecule has 0 atom stereocenters. The van der Waals surface area contributed by atoms with Gasteiger partial charge >= 0.3 is 0 Å². The standard InChI is InChI=1S/C19H22FN/c1-2-15-6-8-16(9-7-15)17-10-11-19(18(20)14-17)21-12-4-3-5-13-21/h6-11,14H,2-5,12-13H2,1H3. The maximum Gasteiger partial charge on any atom is 0.147 e. The van der Waals surface area contributed by atoms with E-state index in [0.29, 0.717) is 0 Å². The average Bonchev–Trinajstić information content (AvgIpc) is 2.55. The average molecular weight is 283 g/mol. The molecule has 1 fully saturated rings. The van der Waals surface area contributed by atoms with Gasteiger partial charge in [-0.15, -0.1) is 0 Å². The van der Waals surface area contributed by atoms with E-state index < -0.39 is 0 Å². The fourth-order valence-electron chi connectivity index (χ4n) is 3.01. The van der Waals surface area contributed by atoms with Gasteiger partial charge in [-0.25, -0.2) is 4.39 Å². The van der Waals surface area contributed by atoms with Crippen LogP contribution >= 0.6 is 0 Å². The van der Waals surface area contributed by atoms with Gasteiger partial charge in [-0.05, 0) is 54.5 Å². The lowest BCUT2D eigenvalue weighted by molar-refractivity contribution is 0.557. The SMILES string of the molecule is CCc1ccc(-c2ccc(N3CCCCC3)c(F)c2)cc1. The van der Waals surface area contributed by atoms with Gasteiger partial charge in [0.25, 0.3) is 0 Å². The minimum Gasteiger partial charge on any atom is -0.369 e. The molecule has 0 N–H and O–H groups in total. The van der Waals surface area contributed by atoms with Gasteiger partial charge in [-0.3, -0.25) is 0 Å². The molecule has 2 aromatic carbocycles. The lowest BCUT2D eigenvalue weighted by Crippen LogP contribution is -2.30. The van der Waals surface area contributed by atoms with Crippen LogP contribution in [0.4, 0.5) is 10.1 Å². The second-order valence-corrected chi connectivity index (χ2v) is 5.76. The highest BCUT2D eigenvalue weighted by atomic mass is 19.1. The number of hydrogen-bond donors (Lipinski definition) is 0. The maximum atomic E-state index is 14.4. The molecule has 1 saturated heterocycles. The van der Waals surface area contributed by atoms with Crippen LogP contribution in [-0.2, 0) is 6.42 Å². The third kappa shape index (κ3) is 3.10. The summed E-state index contributed by atoms with van der Waals surface area (Å²) in [7, 11) is 0. The van der Waals surface area contributed by atoms with Crippen LogP contribution < -0.4 is 4.90 Å². The van der Waals surface area contributed by atoms with Gasteiger partial charge in [-0.2, -0.15) is 0 Å². The van der Waals surface area contributed by atoms with E-state index in [1.54, 1.807) is 6.07 Å². The van der Waals surface area contributed by atoms with Crippen LogP contribution in [0.3, 0.4) is 0 Å². The molecule has 0 amide bonds. The molecule has 0 unspecified atom stereocenters. The summed E-state index contributed by atoms with van der Waals surface area (Å²) in [4.78, 5) is 2.17. The van der Waals surface area contributed by atoms with Gasteiger partial charge in [0.05, 0.1) is 5.69 Å². The minimum absolute atomic E-state index is 0.103.